The maximum Gasteiger partial charge on any atom is 0.0601 e. The van der Waals surface area contributed by atoms with Crippen LogP contribution >= 0.6 is 0 Å². The van der Waals surface area contributed by atoms with Gasteiger partial charge in [-0.15, -0.1) is 0 Å². The van der Waals surface area contributed by atoms with Crippen LogP contribution in [-0.4, -0.2) is 35.9 Å². The maximum absolute atomic E-state index is 9.07. The van der Waals surface area contributed by atoms with Gasteiger partial charge in [-0.3, -0.25) is 0 Å². The van der Waals surface area contributed by atoms with E-state index < -0.39 is 0 Å². The summed E-state index contributed by atoms with van der Waals surface area (Å²) in [7, 11) is 0. The predicted octanol–water partition coefficient (Wildman–Crippen LogP) is 0.763. The molecule has 1 aliphatic heterocycles. The molecule has 1 unspecified atom stereocenters. The van der Waals surface area contributed by atoms with Crippen LogP contribution in [-0.2, 0) is 0 Å². The molecule has 1 radical (unpaired) electrons. The van der Waals surface area contributed by atoms with Gasteiger partial charge in [0.25, 0.3) is 0 Å². The Hall–Kier alpha value is -0.120. The van der Waals surface area contributed by atoms with Gasteiger partial charge in [-0.1, -0.05) is 13.3 Å². The molecule has 0 spiro atoms. The van der Waals surface area contributed by atoms with Crippen LogP contribution in [0.25, 0.3) is 0 Å². The lowest BCUT2D eigenvalue weighted by Gasteiger charge is -2.26. The average Bonchev–Trinajstić information content (AvgIpc) is 2.35. The first kappa shape index (κ1) is 9.96. The first-order chi connectivity index (χ1) is 5.88. The Morgan fingerprint density at radius 3 is 2.92 bits per heavy atom. The Morgan fingerprint density at radius 1 is 1.42 bits per heavy atom. The molecule has 0 amide bonds. The molecular weight excluding hydrogens is 152 g/mol. The molecule has 0 aromatic carbocycles. The van der Waals surface area contributed by atoms with Crippen molar-refractivity contribution in [3.05, 3.63) is 0 Å². The molecule has 1 saturated heterocycles. The van der Waals surface area contributed by atoms with Gasteiger partial charge in [-0.25, -0.2) is 5.01 Å². The molecule has 0 aliphatic carbocycles. The van der Waals surface area contributed by atoms with Crippen LogP contribution in [0, 0.1) is 0 Å². The molecule has 3 heteroatoms. The Bertz CT molecular complexity index is 107. The van der Waals surface area contributed by atoms with Crippen molar-refractivity contribution >= 4 is 0 Å². The van der Waals surface area contributed by atoms with Gasteiger partial charge in [0.05, 0.1) is 6.61 Å². The third-order valence-corrected chi connectivity index (χ3v) is 2.43. The summed E-state index contributed by atoms with van der Waals surface area (Å²) < 4.78 is 0. The molecule has 1 aliphatic rings. The quantitative estimate of drug-likeness (QED) is 0.681. The van der Waals surface area contributed by atoms with Crippen molar-refractivity contribution in [2.24, 2.45) is 0 Å². The van der Waals surface area contributed by atoms with E-state index in [9.17, 15) is 0 Å². The molecule has 1 heterocycles. The first-order valence-electron chi connectivity index (χ1n) is 4.93. The van der Waals surface area contributed by atoms with Gasteiger partial charge in [0.2, 0.25) is 0 Å². The van der Waals surface area contributed by atoms with Gasteiger partial charge in [-0.05, 0) is 19.3 Å². The van der Waals surface area contributed by atoms with Crippen molar-refractivity contribution in [3.63, 3.8) is 0 Å². The zero-order valence-electron chi connectivity index (χ0n) is 7.87. The van der Waals surface area contributed by atoms with Crippen LogP contribution < -0.4 is 5.43 Å². The monoisotopic (exact) mass is 171 g/mol. The topological polar surface area (TPSA) is 37.6 Å². The molecule has 1 atom stereocenters. The summed E-state index contributed by atoms with van der Waals surface area (Å²) in [6.07, 6.45) is 4.69. The minimum Gasteiger partial charge on any atom is -0.395 e. The molecule has 3 nitrogen and oxygen atoms in total. The molecule has 1 rings (SSSR count). The maximum atomic E-state index is 9.07. The van der Waals surface area contributed by atoms with E-state index in [4.69, 9.17) is 5.11 Å². The summed E-state index contributed by atoms with van der Waals surface area (Å²) in [5.74, 6) is 0. The van der Waals surface area contributed by atoms with E-state index in [0.717, 1.165) is 19.5 Å². The van der Waals surface area contributed by atoms with Crippen LogP contribution in [0.15, 0.2) is 0 Å². The van der Waals surface area contributed by atoms with E-state index in [2.05, 4.69) is 17.4 Å². The van der Waals surface area contributed by atoms with Gasteiger partial charge in [0.1, 0.15) is 0 Å². The lowest BCUT2D eigenvalue weighted by atomic mass is 10.2. The van der Waals surface area contributed by atoms with Crippen molar-refractivity contribution in [1.29, 1.82) is 0 Å². The predicted molar refractivity (Wildman–Crippen MR) is 48.7 cm³/mol. The van der Waals surface area contributed by atoms with E-state index in [-0.39, 0.29) is 12.6 Å². The van der Waals surface area contributed by atoms with Crippen LogP contribution in [0.4, 0.5) is 0 Å². The van der Waals surface area contributed by atoms with Gasteiger partial charge in [0, 0.05) is 19.1 Å². The van der Waals surface area contributed by atoms with Crippen LogP contribution in [0.1, 0.15) is 32.6 Å². The number of aliphatic hydroxyl groups is 1. The molecule has 12 heavy (non-hydrogen) atoms. The SMILES string of the molecule is CCC(CO)N1CCCCC[N]1. The zero-order chi connectivity index (χ0) is 8.81. The molecule has 71 valence electrons. The van der Waals surface area contributed by atoms with Crippen LogP contribution in [0.3, 0.4) is 0 Å². The molecule has 0 bridgehead atoms. The fraction of sp³-hybridized carbons (Fsp3) is 1.00. The van der Waals surface area contributed by atoms with E-state index in [1.807, 2.05) is 0 Å². The molecule has 1 N–H and O–H groups in total. The number of hydrogen-bond donors (Lipinski definition) is 1. The number of hydrogen-bond acceptors (Lipinski definition) is 2. The van der Waals surface area contributed by atoms with Crippen molar-refractivity contribution in [2.45, 2.75) is 38.6 Å². The van der Waals surface area contributed by atoms with Gasteiger partial charge < -0.3 is 5.11 Å². The minimum atomic E-state index is 0.236. The van der Waals surface area contributed by atoms with E-state index >= 15 is 0 Å². The second-order valence-electron chi connectivity index (χ2n) is 3.33. The van der Waals surface area contributed by atoms with Crippen molar-refractivity contribution in [1.82, 2.24) is 10.4 Å². The summed E-state index contributed by atoms with van der Waals surface area (Å²) in [5.41, 5.74) is 4.44. The highest BCUT2D eigenvalue weighted by Gasteiger charge is 2.17. The zero-order valence-corrected chi connectivity index (χ0v) is 7.87. The molecular formula is C9H19N2O. The highest BCUT2D eigenvalue weighted by molar-refractivity contribution is 4.68. The summed E-state index contributed by atoms with van der Waals surface area (Å²) in [5, 5.41) is 11.1. The number of rotatable bonds is 3. The summed E-state index contributed by atoms with van der Waals surface area (Å²) in [6, 6.07) is 0.253. The number of nitrogens with zero attached hydrogens (tertiary/aromatic N) is 2. The Labute approximate surface area is 74.7 Å². The summed E-state index contributed by atoms with van der Waals surface area (Å²) in [6.45, 7) is 4.30. The Morgan fingerprint density at radius 2 is 2.25 bits per heavy atom. The van der Waals surface area contributed by atoms with Crippen LogP contribution in [0.2, 0.25) is 0 Å². The summed E-state index contributed by atoms with van der Waals surface area (Å²) >= 11 is 0. The average molecular weight is 171 g/mol. The minimum absolute atomic E-state index is 0.236. The largest absolute Gasteiger partial charge is 0.395 e. The second kappa shape index (κ2) is 5.51. The molecule has 0 aromatic rings. The fourth-order valence-corrected chi connectivity index (χ4v) is 1.56. The number of aliphatic hydroxyl groups excluding tert-OH is 1. The van der Waals surface area contributed by atoms with E-state index in [0.29, 0.717) is 0 Å². The van der Waals surface area contributed by atoms with Crippen molar-refractivity contribution in [3.8, 4) is 0 Å². The first-order valence-corrected chi connectivity index (χ1v) is 4.93. The molecule has 1 fully saturated rings. The highest BCUT2D eigenvalue weighted by atomic mass is 16.3. The van der Waals surface area contributed by atoms with E-state index in [1.54, 1.807) is 0 Å². The Kier molecular flexibility index (Phi) is 4.58. The molecule has 0 aromatic heterocycles. The van der Waals surface area contributed by atoms with Crippen molar-refractivity contribution < 1.29 is 5.11 Å². The van der Waals surface area contributed by atoms with E-state index in [1.165, 1.54) is 19.3 Å². The van der Waals surface area contributed by atoms with Crippen molar-refractivity contribution in [2.75, 3.05) is 19.7 Å². The second-order valence-corrected chi connectivity index (χ2v) is 3.33. The Balaban J connectivity index is 2.35. The normalized spacial score (nSPS) is 23.5. The third-order valence-electron chi connectivity index (χ3n) is 2.43. The third kappa shape index (κ3) is 2.73. The standard InChI is InChI=1S/C9H19N2O/c1-2-9(8-12)11-7-5-3-4-6-10-11/h9,12H,2-8H2,1H3. The van der Waals surface area contributed by atoms with Crippen LogP contribution in [0.5, 0.6) is 0 Å². The molecule has 0 saturated carbocycles. The van der Waals surface area contributed by atoms with Gasteiger partial charge >= 0.3 is 0 Å². The van der Waals surface area contributed by atoms with Gasteiger partial charge in [-0.2, -0.15) is 5.43 Å². The lowest BCUT2D eigenvalue weighted by Crippen LogP contribution is -2.42. The lowest BCUT2D eigenvalue weighted by molar-refractivity contribution is 0.0743. The highest BCUT2D eigenvalue weighted by Crippen LogP contribution is 2.08. The smallest absolute Gasteiger partial charge is 0.0601 e. The summed E-state index contributed by atoms with van der Waals surface area (Å²) in [4.78, 5) is 0. The van der Waals surface area contributed by atoms with Gasteiger partial charge in [0.15, 0.2) is 0 Å². The fourth-order valence-electron chi connectivity index (χ4n) is 1.56.